The summed E-state index contributed by atoms with van der Waals surface area (Å²) < 4.78 is 41.7. The van der Waals surface area contributed by atoms with Crippen LogP contribution in [0.25, 0.3) is 0 Å². The fraction of sp³-hybridized carbons (Fsp3) is 0.200. The second-order valence-corrected chi connectivity index (χ2v) is 7.32. The molecule has 204 valence electrons. The van der Waals surface area contributed by atoms with E-state index in [0.717, 1.165) is 0 Å². The van der Waals surface area contributed by atoms with Gasteiger partial charge in [0.15, 0.2) is 11.9 Å². The van der Waals surface area contributed by atoms with Gasteiger partial charge in [-0.2, -0.15) is 8.42 Å². The molecule has 0 fully saturated rings. The van der Waals surface area contributed by atoms with Crippen molar-refractivity contribution in [3.63, 3.8) is 0 Å². The van der Waals surface area contributed by atoms with Crippen molar-refractivity contribution in [1.29, 1.82) is 0 Å². The number of amides is 2. The van der Waals surface area contributed by atoms with Gasteiger partial charge in [0.1, 0.15) is 24.6 Å². The Bertz CT molecular complexity index is 1090. The lowest BCUT2D eigenvalue weighted by Gasteiger charge is -2.08. The van der Waals surface area contributed by atoms with Crippen molar-refractivity contribution in [2.45, 2.75) is 0 Å². The number of benzene rings is 2. The molecule has 2 aromatic carbocycles. The lowest BCUT2D eigenvalue weighted by molar-refractivity contribution is -0.115. The van der Waals surface area contributed by atoms with Gasteiger partial charge in [0.25, 0.3) is 0 Å². The predicted octanol–water partition coefficient (Wildman–Crippen LogP) is -0.839. The first-order chi connectivity index (χ1) is 17.3. The summed E-state index contributed by atoms with van der Waals surface area (Å²) in [6.07, 6.45) is 0. The number of ether oxygens (including phenoxy) is 2. The lowest BCUT2D eigenvalue weighted by Crippen LogP contribution is -2.25. The number of hydrogen-bond donors (Lipinski definition) is 8. The molecule has 0 saturated carbocycles. The third kappa shape index (κ3) is 17.5. The third-order valence-corrected chi connectivity index (χ3v) is 3.57. The third-order valence-electron chi connectivity index (χ3n) is 3.57. The van der Waals surface area contributed by atoms with Gasteiger partial charge in [0, 0.05) is 0 Å². The minimum Gasteiger partial charge on any atom is -0.495 e. The van der Waals surface area contributed by atoms with Crippen LogP contribution < -0.4 is 43.0 Å². The van der Waals surface area contributed by atoms with Gasteiger partial charge in [-0.05, 0) is 24.3 Å². The van der Waals surface area contributed by atoms with E-state index in [4.69, 9.17) is 49.9 Å². The monoisotopic (exact) mass is 542 g/mol. The summed E-state index contributed by atoms with van der Waals surface area (Å²) in [6.45, 7) is -0.221. The number of rotatable bonds is 8. The van der Waals surface area contributed by atoms with Gasteiger partial charge in [-0.25, -0.2) is 9.98 Å². The Kier molecular flexibility index (Phi) is 14.8. The Morgan fingerprint density at radius 1 is 0.757 bits per heavy atom. The number of aliphatic imine (C=N–C) groups is 2. The molecule has 2 amide bonds. The molecular formula is C20H30N8O8S. The molecule has 17 heteroatoms. The van der Waals surface area contributed by atoms with Gasteiger partial charge in [-0.15, -0.1) is 0 Å². The summed E-state index contributed by atoms with van der Waals surface area (Å²) >= 11 is 0. The Morgan fingerprint density at radius 2 is 1.05 bits per heavy atom. The van der Waals surface area contributed by atoms with Crippen LogP contribution in [0.3, 0.4) is 0 Å². The molecule has 0 radical (unpaired) electrons. The number of nitrogens with one attached hydrogen (secondary N) is 2. The first kappa shape index (κ1) is 32.4. The van der Waals surface area contributed by atoms with Crippen LogP contribution in [0.1, 0.15) is 0 Å². The number of carbonyl (C=O) groups is 2. The summed E-state index contributed by atoms with van der Waals surface area (Å²) in [5.41, 5.74) is 21.6. The molecule has 0 unspecified atom stereocenters. The highest BCUT2D eigenvalue weighted by atomic mass is 32.3. The van der Waals surface area contributed by atoms with E-state index in [1.165, 1.54) is 14.2 Å². The number of carbonyl (C=O) groups excluding carboxylic acids is 2. The summed E-state index contributed by atoms with van der Waals surface area (Å²) in [7, 11) is -1.61. The molecule has 0 aliphatic rings. The molecule has 0 bridgehead atoms. The van der Waals surface area contributed by atoms with E-state index in [9.17, 15) is 9.59 Å². The van der Waals surface area contributed by atoms with Crippen LogP contribution in [0.4, 0.5) is 11.4 Å². The summed E-state index contributed by atoms with van der Waals surface area (Å²) in [5, 5.41) is 5.27. The van der Waals surface area contributed by atoms with Crippen LogP contribution in [0.5, 0.6) is 11.5 Å². The largest absolute Gasteiger partial charge is 0.495 e. The number of methoxy groups -OCH3 is 2. The van der Waals surface area contributed by atoms with Crippen molar-refractivity contribution in [3.8, 4) is 11.5 Å². The van der Waals surface area contributed by atoms with Gasteiger partial charge in [-0.1, -0.05) is 24.3 Å². The number of para-hydroxylation sites is 4. The second-order valence-electron chi connectivity index (χ2n) is 6.43. The van der Waals surface area contributed by atoms with E-state index in [1.807, 2.05) is 12.1 Å². The minimum absolute atomic E-state index is 0.111. The second kappa shape index (κ2) is 16.9. The van der Waals surface area contributed by atoms with Crippen molar-refractivity contribution in [3.05, 3.63) is 48.5 Å². The molecule has 0 aromatic heterocycles. The maximum atomic E-state index is 11.4. The van der Waals surface area contributed by atoms with Crippen molar-refractivity contribution in [2.24, 2.45) is 32.9 Å². The Hall–Kier alpha value is -4.61. The maximum Gasteiger partial charge on any atom is 0.394 e. The molecule has 0 spiro atoms. The minimum atomic E-state index is -4.67. The molecule has 0 saturated heterocycles. The fourth-order valence-electron chi connectivity index (χ4n) is 2.20. The SMILES string of the molecule is COc1ccccc1NC(=O)CN=C(N)N.COc1ccccc1NC(=O)CN=C(N)N.O=S(=O)(O)O. The normalized spacial score (nSPS) is 9.62. The number of hydrogen-bond acceptors (Lipinski definition) is 8. The van der Waals surface area contributed by atoms with Crippen LogP contribution >= 0.6 is 0 Å². The van der Waals surface area contributed by atoms with Crippen molar-refractivity contribution in [2.75, 3.05) is 37.9 Å². The topological polar surface area (TPSA) is 280 Å². The summed E-state index contributed by atoms with van der Waals surface area (Å²) in [6, 6.07) is 14.2. The Labute approximate surface area is 213 Å². The molecule has 37 heavy (non-hydrogen) atoms. The quantitative estimate of drug-likeness (QED) is 0.115. The molecule has 12 N–H and O–H groups in total. The Balaban J connectivity index is 0.000000594. The van der Waals surface area contributed by atoms with Gasteiger partial charge in [0.2, 0.25) is 11.8 Å². The summed E-state index contributed by atoms with van der Waals surface area (Å²) in [4.78, 5) is 30.0. The highest BCUT2D eigenvalue weighted by Crippen LogP contribution is 2.23. The van der Waals surface area contributed by atoms with Crippen LogP contribution in [-0.2, 0) is 20.0 Å². The highest BCUT2D eigenvalue weighted by molar-refractivity contribution is 7.79. The van der Waals surface area contributed by atoms with E-state index >= 15 is 0 Å². The van der Waals surface area contributed by atoms with Gasteiger partial charge in [-0.3, -0.25) is 18.7 Å². The van der Waals surface area contributed by atoms with E-state index in [0.29, 0.717) is 22.9 Å². The van der Waals surface area contributed by atoms with E-state index in [-0.39, 0.29) is 36.8 Å². The molecule has 16 nitrogen and oxygen atoms in total. The highest BCUT2D eigenvalue weighted by Gasteiger charge is 2.06. The van der Waals surface area contributed by atoms with Gasteiger partial charge < -0.3 is 43.0 Å². The number of anilines is 2. The van der Waals surface area contributed by atoms with Crippen LogP contribution in [0.15, 0.2) is 58.5 Å². The van der Waals surface area contributed by atoms with E-state index < -0.39 is 10.4 Å². The molecule has 2 rings (SSSR count). The summed E-state index contributed by atoms with van der Waals surface area (Å²) in [5.74, 6) is 0.322. The average Bonchev–Trinajstić information content (AvgIpc) is 2.81. The zero-order valence-electron chi connectivity index (χ0n) is 20.0. The van der Waals surface area contributed by atoms with Crippen LogP contribution in [-0.4, -0.2) is 68.6 Å². The van der Waals surface area contributed by atoms with Crippen LogP contribution in [0, 0.1) is 0 Å². The average molecular weight is 543 g/mol. The number of nitrogens with two attached hydrogens (primary N) is 4. The lowest BCUT2D eigenvalue weighted by atomic mass is 10.3. The van der Waals surface area contributed by atoms with Crippen molar-refractivity contribution < 1.29 is 36.6 Å². The van der Waals surface area contributed by atoms with Gasteiger partial charge >= 0.3 is 10.4 Å². The van der Waals surface area contributed by atoms with Crippen molar-refractivity contribution in [1.82, 2.24) is 0 Å². The number of nitrogens with zero attached hydrogens (tertiary/aromatic N) is 2. The first-order valence-electron chi connectivity index (χ1n) is 9.93. The van der Waals surface area contributed by atoms with Gasteiger partial charge in [0.05, 0.1) is 25.6 Å². The molecular weight excluding hydrogens is 512 g/mol. The molecule has 0 aliphatic heterocycles. The maximum absolute atomic E-state index is 11.4. The fourth-order valence-corrected chi connectivity index (χ4v) is 2.20. The smallest absolute Gasteiger partial charge is 0.394 e. The molecule has 0 heterocycles. The van der Waals surface area contributed by atoms with Crippen molar-refractivity contribution >= 4 is 45.5 Å². The zero-order chi connectivity index (χ0) is 28.4. The first-order valence-corrected chi connectivity index (χ1v) is 11.3. The van der Waals surface area contributed by atoms with Crippen LogP contribution in [0.2, 0.25) is 0 Å². The van der Waals surface area contributed by atoms with E-state index in [1.54, 1.807) is 36.4 Å². The standard InChI is InChI=1S/2C10H14N4O2.H2O4S/c2*1-16-8-5-3-2-4-7(8)14-9(15)6-13-10(11)12;1-5(2,3)4/h2*2-5H,6H2,1H3,(H,14,15)(H4,11,12,13);(H2,1,2,3,4). The molecule has 0 aliphatic carbocycles. The van der Waals surface area contributed by atoms with E-state index in [2.05, 4.69) is 20.6 Å². The number of guanidine groups is 2. The molecule has 2 aromatic rings. The zero-order valence-corrected chi connectivity index (χ0v) is 20.8. The molecule has 0 atom stereocenters. The predicted molar refractivity (Wildman–Crippen MR) is 139 cm³/mol. The Morgan fingerprint density at radius 3 is 1.32 bits per heavy atom.